The van der Waals surface area contributed by atoms with Gasteiger partial charge in [-0.25, -0.2) is 0 Å². The monoisotopic (exact) mass is 266 g/mol. The molecule has 2 aromatic carbocycles. The van der Waals surface area contributed by atoms with E-state index in [0.29, 0.717) is 0 Å². The molecule has 0 aromatic heterocycles. The van der Waals surface area contributed by atoms with Crippen LogP contribution in [0.2, 0.25) is 0 Å². The first-order valence-electron chi connectivity index (χ1n) is 4.53. The van der Waals surface area contributed by atoms with Gasteiger partial charge in [-0.2, -0.15) is 49.2 Å². The van der Waals surface area contributed by atoms with Gasteiger partial charge in [0.2, 0.25) is 0 Å². The molecule has 0 heterocycles. The minimum atomic E-state index is 0. The van der Waals surface area contributed by atoms with E-state index in [0.717, 1.165) is 11.1 Å². The SMILES string of the molecule is Cl.[CH2-]c1ccccc1.[CH2-]c1ccccc1.[Ti+2]. The van der Waals surface area contributed by atoms with E-state index in [4.69, 9.17) is 0 Å². The Morgan fingerprint density at radius 1 is 0.562 bits per heavy atom. The molecule has 0 aliphatic rings. The zero-order valence-electron chi connectivity index (χ0n) is 9.10. The molecule has 0 saturated heterocycles. The van der Waals surface area contributed by atoms with Crippen LogP contribution in [-0.2, 0) is 21.7 Å². The van der Waals surface area contributed by atoms with Crippen molar-refractivity contribution in [3.8, 4) is 0 Å². The minimum Gasteiger partial charge on any atom is -0.199 e. The molecular weight excluding hydrogens is 251 g/mol. The van der Waals surface area contributed by atoms with Crippen LogP contribution in [0.1, 0.15) is 11.1 Å². The largest absolute Gasteiger partial charge is 2.00 e. The van der Waals surface area contributed by atoms with Crippen molar-refractivity contribution in [1.29, 1.82) is 0 Å². The average molecular weight is 267 g/mol. The molecule has 0 radical (unpaired) electrons. The molecule has 0 atom stereocenters. The maximum atomic E-state index is 3.72. The van der Waals surface area contributed by atoms with Crippen LogP contribution in [0.15, 0.2) is 60.7 Å². The standard InChI is InChI=1S/2C7H7.ClH.Ti/c2*1-7-5-3-2-4-6-7;;/h2*2-6H,1H2;1H;/q2*-1;;+2. The van der Waals surface area contributed by atoms with E-state index in [1.54, 1.807) is 0 Å². The molecule has 0 unspecified atom stereocenters. The fourth-order valence-corrected chi connectivity index (χ4v) is 0.956. The van der Waals surface area contributed by atoms with Gasteiger partial charge in [-0.1, -0.05) is 12.1 Å². The van der Waals surface area contributed by atoms with Crippen LogP contribution < -0.4 is 0 Å². The molecule has 0 amide bonds. The van der Waals surface area contributed by atoms with E-state index in [-0.39, 0.29) is 34.1 Å². The maximum absolute atomic E-state index is 3.72. The maximum Gasteiger partial charge on any atom is 2.00 e. The molecule has 0 aliphatic carbocycles. The Morgan fingerprint density at radius 2 is 0.812 bits per heavy atom. The van der Waals surface area contributed by atoms with Gasteiger partial charge in [-0.05, 0) is 0 Å². The molecule has 0 N–H and O–H groups in total. The molecule has 0 aliphatic heterocycles. The Bertz CT molecular complexity index is 308. The molecule has 0 fully saturated rings. The van der Waals surface area contributed by atoms with Crippen molar-refractivity contribution >= 4 is 12.4 Å². The fourth-order valence-electron chi connectivity index (χ4n) is 0.956. The average Bonchev–Trinajstić information content (AvgIpc) is 2.21. The Kier molecular flexibility index (Phi) is 11.7. The molecule has 82 valence electrons. The first kappa shape index (κ1) is 17.6. The third kappa shape index (κ3) is 8.49. The van der Waals surface area contributed by atoms with E-state index in [9.17, 15) is 0 Å². The number of rotatable bonds is 0. The van der Waals surface area contributed by atoms with Crippen molar-refractivity contribution in [1.82, 2.24) is 0 Å². The normalized spacial score (nSPS) is 7.50. The zero-order chi connectivity index (χ0) is 10.2. The molecule has 2 aromatic rings. The molecule has 2 rings (SSSR count). The van der Waals surface area contributed by atoms with Gasteiger partial charge in [0.25, 0.3) is 0 Å². The van der Waals surface area contributed by atoms with Crippen molar-refractivity contribution in [2.45, 2.75) is 0 Å². The molecule has 0 saturated carbocycles. The van der Waals surface area contributed by atoms with Gasteiger partial charge < -0.3 is 0 Å². The van der Waals surface area contributed by atoms with Crippen LogP contribution in [0, 0.1) is 13.8 Å². The molecule has 0 bridgehead atoms. The zero-order valence-corrected chi connectivity index (χ0v) is 11.5. The number of halogens is 1. The second kappa shape index (κ2) is 10.7. The minimum absolute atomic E-state index is 0. The van der Waals surface area contributed by atoms with Gasteiger partial charge in [0.15, 0.2) is 0 Å². The Hall–Kier alpha value is -0.816. The van der Waals surface area contributed by atoms with E-state index in [1.165, 1.54) is 0 Å². The van der Waals surface area contributed by atoms with Gasteiger partial charge in [0.05, 0.1) is 0 Å². The predicted octanol–water partition coefficient (Wildman–Crippen LogP) is 4.16. The second-order valence-electron chi connectivity index (χ2n) is 2.97. The summed E-state index contributed by atoms with van der Waals surface area (Å²) in [4.78, 5) is 0. The van der Waals surface area contributed by atoms with Crippen LogP contribution in [0.5, 0.6) is 0 Å². The van der Waals surface area contributed by atoms with Crippen LogP contribution in [-0.4, -0.2) is 0 Å². The fraction of sp³-hybridized carbons (Fsp3) is 0. The number of hydrogen-bond donors (Lipinski definition) is 0. The van der Waals surface area contributed by atoms with E-state index in [1.807, 2.05) is 60.7 Å². The van der Waals surface area contributed by atoms with E-state index < -0.39 is 0 Å². The van der Waals surface area contributed by atoms with Crippen LogP contribution >= 0.6 is 12.4 Å². The quantitative estimate of drug-likeness (QED) is 0.496. The predicted molar refractivity (Wildman–Crippen MR) is 69.1 cm³/mol. The summed E-state index contributed by atoms with van der Waals surface area (Å²) in [6.45, 7) is 7.44. The summed E-state index contributed by atoms with van der Waals surface area (Å²) in [5.41, 5.74) is 2.14. The summed E-state index contributed by atoms with van der Waals surface area (Å²) in [5.74, 6) is 0. The first-order chi connectivity index (χ1) is 6.79. The summed E-state index contributed by atoms with van der Waals surface area (Å²) in [5, 5.41) is 0. The Morgan fingerprint density at radius 3 is 0.938 bits per heavy atom. The summed E-state index contributed by atoms with van der Waals surface area (Å²) in [6.07, 6.45) is 0. The van der Waals surface area contributed by atoms with Gasteiger partial charge >= 0.3 is 21.7 Å². The number of hydrogen-bond acceptors (Lipinski definition) is 0. The molecule has 0 nitrogen and oxygen atoms in total. The van der Waals surface area contributed by atoms with Crippen LogP contribution in [0.25, 0.3) is 0 Å². The van der Waals surface area contributed by atoms with Crippen molar-refractivity contribution in [2.75, 3.05) is 0 Å². The topological polar surface area (TPSA) is 0 Å². The van der Waals surface area contributed by atoms with Crippen molar-refractivity contribution in [3.63, 3.8) is 0 Å². The molecular formula is C14H15ClTi. The molecule has 16 heavy (non-hydrogen) atoms. The van der Waals surface area contributed by atoms with Gasteiger partial charge in [0.1, 0.15) is 0 Å². The smallest absolute Gasteiger partial charge is 0.199 e. The summed E-state index contributed by atoms with van der Waals surface area (Å²) < 4.78 is 0. The van der Waals surface area contributed by atoms with Crippen molar-refractivity contribution in [2.24, 2.45) is 0 Å². The molecule has 2 heteroatoms. The van der Waals surface area contributed by atoms with E-state index in [2.05, 4.69) is 13.8 Å². The second-order valence-corrected chi connectivity index (χ2v) is 2.97. The molecule has 0 spiro atoms. The Labute approximate surface area is 119 Å². The van der Waals surface area contributed by atoms with Crippen molar-refractivity contribution in [3.05, 3.63) is 85.6 Å². The van der Waals surface area contributed by atoms with Crippen LogP contribution in [0.3, 0.4) is 0 Å². The third-order valence-electron chi connectivity index (χ3n) is 1.69. The van der Waals surface area contributed by atoms with E-state index >= 15 is 0 Å². The summed E-state index contributed by atoms with van der Waals surface area (Å²) in [6, 6.07) is 19.7. The van der Waals surface area contributed by atoms with Gasteiger partial charge in [0, 0.05) is 0 Å². The van der Waals surface area contributed by atoms with Crippen molar-refractivity contribution < 1.29 is 21.7 Å². The van der Waals surface area contributed by atoms with Gasteiger partial charge in [-0.15, -0.1) is 36.7 Å². The third-order valence-corrected chi connectivity index (χ3v) is 1.69. The summed E-state index contributed by atoms with van der Waals surface area (Å²) >= 11 is 0. The summed E-state index contributed by atoms with van der Waals surface area (Å²) in [7, 11) is 0. The Balaban J connectivity index is 0. The van der Waals surface area contributed by atoms with Crippen LogP contribution in [0.4, 0.5) is 0 Å². The van der Waals surface area contributed by atoms with Gasteiger partial charge in [-0.3, -0.25) is 0 Å². The number of benzene rings is 2. The first-order valence-corrected chi connectivity index (χ1v) is 4.53.